The fraction of sp³-hybridized carbons (Fsp3) is 0.688. The Kier molecular flexibility index (Phi) is 4.73. The SMILES string of the molecule is CCCC(=O)C=CC1=C(C)[C@H](C)CCC1(C)C. The van der Waals surface area contributed by atoms with Gasteiger partial charge in [0, 0.05) is 6.42 Å². The quantitative estimate of drug-likeness (QED) is 0.645. The first-order valence-electron chi connectivity index (χ1n) is 6.80. The highest BCUT2D eigenvalue weighted by Gasteiger charge is 2.29. The molecule has 0 aromatic carbocycles. The van der Waals surface area contributed by atoms with Crippen molar-refractivity contribution in [3.05, 3.63) is 23.3 Å². The Hall–Kier alpha value is -0.850. The van der Waals surface area contributed by atoms with Crippen LogP contribution < -0.4 is 0 Å². The summed E-state index contributed by atoms with van der Waals surface area (Å²) in [4.78, 5) is 11.6. The van der Waals surface area contributed by atoms with E-state index >= 15 is 0 Å². The van der Waals surface area contributed by atoms with Crippen LogP contribution in [0.25, 0.3) is 0 Å². The zero-order valence-corrected chi connectivity index (χ0v) is 12.0. The number of allylic oxidation sites excluding steroid dienone is 4. The maximum Gasteiger partial charge on any atom is 0.155 e. The second-order valence-electron chi connectivity index (χ2n) is 5.97. The van der Waals surface area contributed by atoms with E-state index < -0.39 is 0 Å². The van der Waals surface area contributed by atoms with Gasteiger partial charge in [-0.15, -0.1) is 0 Å². The van der Waals surface area contributed by atoms with Crippen molar-refractivity contribution in [3.63, 3.8) is 0 Å². The van der Waals surface area contributed by atoms with Crippen molar-refractivity contribution in [3.8, 4) is 0 Å². The molecule has 1 heteroatoms. The molecule has 0 spiro atoms. The predicted octanol–water partition coefficient (Wildman–Crippen LogP) is 4.68. The fourth-order valence-corrected chi connectivity index (χ4v) is 2.59. The van der Waals surface area contributed by atoms with E-state index in [1.165, 1.54) is 24.0 Å². The lowest BCUT2D eigenvalue weighted by Gasteiger charge is -2.36. The van der Waals surface area contributed by atoms with Crippen molar-refractivity contribution in [1.29, 1.82) is 0 Å². The average molecular weight is 234 g/mol. The summed E-state index contributed by atoms with van der Waals surface area (Å²) < 4.78 is 0. The van der Waals surface area contributed by atoms with Crippen LogP contribution in [0.15, 0.2) is 23.3 Å². The van der Waals surface area contributed by atoms with Crippen LogP contribution in [-0.4, -0.2) is 5.78 Å². The highest BCUT2D eigenvalue weighted by Crippen LogP contribution is 2.43. The first kappa shape index (κ1) is 14.2. The minimum atomic E-state index is 0.222. The molecule has 0 amide bonds. The maximum atomic E-state index is 11.6. The molecule has 1 aliphatic rings. The van der Waals surface area contributed by atoms with E-state index in [0.717, 1.165) is 6.42 Å². The van der Waals surface area contributed by atoms with Gasteiger partial charge in [0.05, 0.1) is 0 Å². The zero-order valence-electron chi connectivity index (χ0n) is 12.0. The summed E-state index contributed by atoms with van der Waals surface area (Å²) in [7, 11) is 0. The summed E-state index contributed by atoms with van der Waals surface area (Å²) in [6.45, 7) is 11.1. The number of hydrogen-bond acceptors (Lipinski definition) is 1. The molecule has 0 radical (unpaired) electrons. The lowest BCUT2D eigenvalue weighted by Crippen LogP contribution is -2.23. The van der Waals surface area contributed by atoms with Crippen molar-refractivity contribution in [2.24, 2.45) is 11.3 Å². The summed E-state index contributed by atoms with van der Waals surface area (Å²) in [5, 5.41) is 0. The minimum Gasteiger partial charge on any atom is -0.295 e. The van der Waals surface area contributed by atoms with Crippen LogP contribution in [0.5, 0.6) is 0 Å². The molecule has 17 heavy (non-hydrogen) atoms. The minimum absolute atomic E-state index is 0.222. The third-order valence-corrected chi connectivity index (χ3v) is 4.03. The highest BCUT2D eigenvalue weighted by molar-refractivity contribution is 5.90. The molecule has 0 aliphatic heterocycles. The predicted molar refractivity (Wildman–Crippen MR) is 73.9 cm³/mol. The van der Waals surface area contributed by atoms with Gasteiger partial charge in [-0.2, -0.15) is 0 Å². The molecule has 0 saturated carbocycles. The van der Waals surface area contributed by atoms with E-state index in [0.29, 0.717) is 12.3 Å². The van der Waals surface area contributed by atoms with Crippen molar-refractivity contribution in [1.82, 2.24) is 0 Å². The number of carbonyl (C=O) groups excluding carboxylic acids is 1. The van der Waals surface area contributed by atoms with Crippen LogP contribution in [0.4, 0.5) is 0 Å². The second kappa shape index (κ2) is 5.66. The van der Waals surface area contributed by atoms with E-state index in [-0.39, 0.29) is 11.2 Å². The molecule has 1 nitrogen and oxygen atoms in total. The van der Waals surface area contributed by atoms with Gasteiger partial charge >= 0.3 is 0 Å². The average Bonchev–Trinajstić information content (AvgIpc) is 2.24. The standard InChI is InChI=1S/C16H26O/c1-6-7-14(17)8-9-15-13(3)12(2)10-11-16(15,4)5/h8-9,12H,6-7,10-11H2,1-5H3/t12-/m1/s1. The summed E-state index contributed by atoms with van der Waals surface area (Å²) in [5.74, 6) is 0.908. The monoisotopic (exact) mass is 234 g/mol. The van der Waals surface area contributed by atoms with Crippen molar-refractivity contribution < 1.29 is 4.79 Å². The molecular formula is C16H26O. The Balaban J connectivity index is 2.92. The Morgan fingerprint density at radius 3 is 2.71 bits per heavy atom. The molecule has 0 saturated heterocycles. The van der Waals surface area contributed by atoms with Crippen LogP contribution in [0.2, 0.25) is 0 Å². The molecule has 0 N–H and O–H groups in total. The van der Waals surface area contributed by atoms with E-state index in [1.807, 2.05) is 6.92 Å². The molecule has 1 atom stereocenters. The van der Waals surface area contributed by atoms with E-state index in [1.54, 1.807) is 6.08 Å². The van der Waals surface area contributed by atoms with E-state index in [4.69, 9.17) is 0 Å². The number of ketones is 1. The number of carbonyl (C=O) groups is 1. The van der Waals surface area contributed by atoms with Crippen LogP contribution in [-0.2, 0) is 4.79 Å². The molecule has 0 bridgehead atoms. The lowest BCUT2D eigenvalue weighted by molar-refractivity contribution is -0.114. The van der Waals surface area contributed by atoms with Gasteiger partial charge in [-0.1, -0.05) is 39.3 Å². The van der Waals surface area contributed by atoms with Crippen LogP contribution in [0, 0.1) is 11.3 Å². The van der Waals surface area contributed by atoms with E-state index in [9.17, 15) is 4.79 Å². The van der Waals surface area contributed by atoms with Gasteiger partial charge in [-0.05, 0) is 49.2 Å². The summed E-state index contributed by atoms with van der Waals surface area (Å²) >= 11 is 0. The van der Waals surface area contributed by atoms with Crippen molar-refractivity contribution in [2.75, 3.05) is 0 Å². The first-order chi connectivity index (χ1) is 7.88. The van der Waals surface area contributed by atoms with Crippen LogP contribution in [0.1, 0.15) is 60.3 Å². The molecule has 0 aromatic heterocycles. The number of hydrogen-bond donors (Lipinski definition) is 0. The van der Waals surface area contributed by atoms with Gasteiger partial charge in [-0.3, -0.25) is 4.79 Å². The topological polar surface area (TPSA) is 17.1 Å². The third kappa shape index (κ3) is 3.55. The van der Waals surface area contributed by atoms with Crippen LogP contribution >= 0.6 is 0 Å². The normalized spacial score (nSPS) is 24.4. The molecule has 0 aromatic rings. The van der Waals surface area contributed by atoms with Gasteiger partial charge in [0.15, 0.2) is 5.78 Å². The zero-order chi connectivity index (χ0) is 13.1. The molecule has 96 valence electrons. The summed E-state index contributed by atoms with van der Waals surface area (Å²) in [5.41, 5.74) is 3.06. The molecule has 0 fully saturated rings. The summed E-state index contributed by atoms with van der Waals surface area (Å²) in [6.07, 6.45) is 7.93. The Labute approximate surface area is 106 Å². The first-order valence-corrected chi connectivity index (χ1v) is 6.80. The fourth-order valence-electron chi connectivity index (χ4n) is 2.59. The molecule has 1 aliphatic carbocycles. The lowest BCUT2D eigenvalue weighted by atomic mass is 9.69. The van der Waals surface area contributed by atoms with Crippen LogP contribution in [0.3, 0.4) is 0 Å². The van der Waals surface area contributed by atoms with Crippen molar-refractivity contribution >= 4 is 5.78 Å². The summed E-state index contributed by atoms with van der Waals surface area (Å²) in [6, 6.07) is 0. The highest BCUT2D eigenvalue weighted by atomic mass is 16.1. The molecule has 0 unspecified atom stereocenters. The Morgan fingerprint density at radius 2 is 2.12 bits per heavy atom. The largest absolute Gasteiger partial charge is 0.295 e. The van der Waals surface area contributed by atoms with Gasteiger partial charge in [0.2, 0.25) is 0 Å². The van der Waals surface area contributed by atoms with Gasteiger partial charge in [-0.25, -0.2) is 0 Å². The third-order valence-electron chi connectivity index (χ3n) is 4.03. The molecule has 0 heterocycles. The molecule has 1 rings (SSSR count). The van der Waals surface area contributed by atoms with Gasteiger partial charge in [0.1, 0.15) is 0 Å². The Morgan fingerprint density at radius 1 is 1.47 bits per heavy atom. The molecular weight excluding hydrogens is 208 g/mol. The second-order valence-corrected chi connectivity index (χ2v) is 5.97. The van der Waals surface area contributed by atoms with E-state index in [2.05, 4.69) is 33.8 Å². The smallest absolute Gasteiger partial charge is 0.155 e. The number of rotatable bonds is 4. The Bertz CT molecular complexity index is 345. The maximum absolute atomic E-state index is 11.6. The van der Waals surface area contributed by atoms with Crippen molar-refractivity contribution in [2.45, 2.75) is 60.3 Å². The van der Waals surface area contributed by atoms with Gasteiger partial charge < -0.3 is 0 Å². The van der Waals surface area contributed by atoms with Gasteiger partial charge in [0.25, 0.3) is 0 Å².